The van der Waals surface area contributed by atoms with E-state index >= 15 is 0 Å². The molecule has 0 aliphatic carbocycles. The molecule has 0 N–H and O–H groups in total. The summed E-state index contributed by atoms with van der Waals surface area (Å²) in [6.45, 7) is 1.14. The van der Waals surface area contributed by atoms with E-state index < -0.39 is 0 Å². The highest BCUT2D eigenvalue weighted by Gasteiger charge is 2.20. The van der Waals surface area contributed by atoms with Crippen LogP contribution in [-0.4, -0.2) is 22.5 Å². The SMILES string of the molecule is C1=CN=C(OCc2ccc(-c3cccnc3)cc2)N(c2nc3ccccc3s2)C1. The lowest BCUT2D eigenvalue weighted by molar-refractivity contribution is 0.284. The quantitative estimate of drug-likeness (QED) is 0.470. The molecule has 5 nitrogen and oxygen atoms in total. The molecule has 0 saturated heterocycles. The number of anilines is 1. The number of aromatic nitrogens is 2. The topological polar surface area (TPSA) is 50.6 Å². The van der Waals surface area contributed by atoms with E-state index in [0.717, 1.165) is 32.0 Å². The number of aliphatic imine (C=N–C) groups is 1. The highest BCUT2D eigenvalue weighted by atomic mass is 32.1. The molecule has 0 radical (unpaired) electrons. The summed E-state index contributed by atoms with van der Waals surface area (Å²) < 4.78 is 7.21. The molecule has 0 bridgehead atoms. The van der Waals surface area contributed by atoms with Crippen LogP contribution in [0.3, 0.4) is 0 Å². The predicted octanol–water partition coefficient (Wildman–Crippen LogP) is 5.26. The lowest BCUT2D eigenvalue weighted by Crippen LogP contribution is -2.34. The third-order valence-corrected chi connectivity index (χ3v) is 5.70. The third-order valence-electron chi connectivity index (χ3n) is 4.64. The maximum atomic E-state index is 6.06. The van der Waals surface area contributed by atoms with E-state index in [0.29, 0.717) is 19.2 Å². The van der Waals surface area contributed by atoms with Crippen LogP contribution in [-0.2, 0) is 11.3 Å². The number of hydrogen-bond acceptors (Lipinski definition) is 6. The molecule has 6 heteroatoms. The van der Waals surface area contributed by atoms with Gasteiger partial charge in [-0.1, -0.05) is 53.8 Å². The van der Waals surface area contributed by atoms with Crippen molar-refractivity contribution in [1.29, 1.82) is 0 Å². The zero-order valence-electron chi connectivity index (χ0n) is 15.6. The molecule has 1 aliphatic rings. The van der Waals surface area contributed by atoms with Gasteiger partial charge in [-0.2, -0.15) is 0 Å². The van der Waals surface area contributed by atoms with Crippen LogP contribution >= 0.6 is 11.3 Å². The molecule has 0 saturated carbocycles. The van der Waals surface area contributed by atoms with Gasteiger partial charge in [0.15, 0.2) is 5.13 Å². The van der Waals surface area contributed by atoms with Gasteiger partial charge in [0, 0.05) is 25.1 Å². The first-order valence-corrected chi connectivity index (χ1v) is 10.2. The number of rotatable bonds is 4. The van der Waals surface area contributed by atoms with Gasteiger partial charge in [0.05, 0.1) is 10.2 Å². The van der Waals surface area contributed by atoms with Crippen LogP contribution in [0.15, 0.2) is 90.3 Å². The Kier molecular flexibility index (Phi) is 4.76. The molecule has 0 amide bonds. The molecule has 0 atom stereocenters. The minimum atomic E-state index is 0.446. The Morgan fingerprint density at radius 1 is 0.966 bits per heavy atom. The first kappa shape index (κ1) is 17.6. The Morgan fingerprint density at radius 3 is 2.69 bits per heavy atom. The van der Waals surface area contributed by atoms with Crippen LogP contribution < -0.4 is 4.90 Å². The molecule has 2 aromatic carbocycles. The number of pyridine rings is 1. The largest absolute Gasteiger partial charge is 0.460 e. The average Bonchev–Trinajstić information content (AvgIpc) is 3.23. The summed E-state index contributed by atoms with van der Waals surface area (Å²) >= 11 is 1.64. The molecule has 4 aromatic rings. The second-order valence-corrected chi connectivity index (χ2v) is 7.61. The summed E-state index contributed by atoms with van der Waals surface area (Å²) in [5, 5.41) is 0.890. The van der Waals surface area contributed by atoms with Crippen molar-refractivity contribution in [3.63, 3.8) is 0 Å². The minimum absolute atomic E-state index is 0.446. The summed E-state index contributed by atoms with van der Waals surface area (Å²) in [6.07, 6.45) is 7.43. The Labute approximate surface area is 172 Å². The van der Waals surface area contributed by atoms with Gasteiger partial charge >= 0.3 is 0 Å². The summed E-state index contributed by atoms with van der Waals surface area (Å²) in [4.78, 5) is 15.4. The highest BCUT2D eigenvalue weighted by Crippen LogP contribution is 2.29. The number of para-hydroxylation sites is 1. The van der Waals surface area contributed by atoms with Crippen LogP contribution in [0.1, 0.15) is 5.56 Å². The Bertz CT molecular complexity index is 1150. The van der Waals surface area contributed by atoms with Crippen molar-refractivity contribution in [2.24, 2.45) is 4.99 Å². The monoisotopic (exact) mass is 398 g/mol. The van der Waals surface area contributed by atoms with E-state index in [1.807, 2.05) is 41.4 Å². The highest BCUT2D eigenvalue weighted by molar-refractivity contribution is 7.22. The van der Waals surface area contributed by atoms with Crippen molar-refractivity contribution in [3.8, 4) is 11.1 Å². The molecular formula is C23H18N4OS. The smallest absolute Gasteiger partial charge is 0.299 e. The fourth-order valence-corrected chi connectivity index (χ4v) is 4.11. The number of amidine groups is 1. The molecule has 1 aliphatic heterocycles. The van der Waals surface area contributed by atoms with Crippen molar-refractivity contribution in [2.45, 2.75) is 6.61 Å². The number of hydrogen-bond donors (Lipinski definition) is 0. The van der Waals surface area contributed by atoms with E-state index in [-0.39, 0.29) is 0 Å². The maximum absolute atomic E-state index is 6.06. The average molecular weight is 398 g/mol. The second-order valence-electron chi connectivity index (χ2n) is 6.60. The number of fused-ring (bicyclic) bond motifs is 1. The van der Waals surface area contributed by atoms with Gasteiger partial charge in [-0.3, -0.25) is 9.88 Å². The minimum Gasteiger partial charge on any atom is -0.460 e. The molecule has 142 valence electrons. The third kappa shape index (κ3) is 3.75. The zero-order valence-corrected chi connectivity index (χ0v) is 16.4. The van der Waals surface area contributed by atoms with Gasteiger partial charge in [0.2, 0.25) is 0 Å². The second kappa shape index (κ2) is 7.85. The van der Waals surface area contributed by atoms with Crippen LogP contribution in [0.4, 0.5) is 5.13 Å². The molecule has 0 spiro atoms. The Morgan fingerprint density at radius 2 is 1.86 bits per heavy atom. The standard InChI is InChI=1S/C23H18N4OS/c1-2-7-21-20(6-1)26-23(29-21)27-14-4-13-25-22(27)28-16-17-8-10-18(11-9-17)19-5-3-12-24-15-19/h1-13,15H,14,16H2. The predicted molar refractivity (Wildman–Crippen MR) is 118 cm³/mol. The lowest BCUT2D eigenvalue weighted by Gasteiger charge is -2.23. The van der Waals surface area contributed by atoms with E-state index in [1.165, 1.54) is 0 Å². The first-order chi connectivity index (χ1) is 14.4. The van der Waals surface area contributed by atoms with Gasteiger partial charge in [-0.05, 0) is 41.0 Å². The van der Waals surface area contributed by atoms with E-state index in [9.17, 15) is 0 Å². The fourth-order valence-electron chi connectivity index (χ4n) is 3.14. The molecule has 29 heavy (non-hydrogen) atoms. The molecular weight excluding hydrogens is 380 g/mol. The van der Waals surface area contributed by atoms with Crippen molar-refractivity contribution in [3.05, 3.63) is 90.9 Å². The van der Waals surface area contributed by atoms with Gasteiger partial charge in [0.25, 0.3) is 6.02 Å². The molecule has 3 heterocycles. The molecule has 5 rings (SSSR count). The maximum Gasteiger partial charge on any atom is 0.299 e. The van der Waals surface area contributed by atoms with Crippen LogP contribution in [0, 0.1) is 0 Å². The Hall–Kier alpha value is -3.51. The van der Waals surface area contributed by atoms with Gasteiger partial charge < -0.3 is 4.74 Å². The summed E-state index contributed by atoms with van der Waals surface area (Å²) in [7, 11) is 0. The summed E-state index contributed by atoms with van der Waals surface area (Å²) in [6, 6.07) is 21.0. The van der Waals surface area contributed by atoms with E-state index in [4.69, 9.17) is 9.72 Å². The van der Waals surface area contributed by atoms with Gasteiger partial charge in [0.1, 0.15) is 6.61 Å². The van der Waals surface area contributed by atoms with Crippen molar-refractivity contribution >= 4 is 32.7 Å². The lowest BCUT2D eigenvalue weighted by atomic mass is 10.1. The van der Waals surface area contributed by atoms with Crippen molar-refractivity contribution < 1.29 is 4.74 Å². The number of ether oxygens (including phenoxy) is 1. The van der Waals surface area contributed by atoms with Gasteiger partial charge in [-0.25, -0.2) is 9.98 Å². The first-order valence-electron chi connectivity index (χ1n) is 9.35. The van der Waals surface area contributed by atoms with E-state index in [2.05, 4.69) is 46.4 Å². The summed E-state index contributed by atoms with van der Waals surface area (Å²) in [5.74, 6) is 0. The van der Waals surface area contributed by atoms with E-state index in [1.54, 1.807) is 23.7 Å². The summed E-state index contributed by atoms with van der Waals surface area (Å²) in [5.41, 5.74) is 4.31. The molecule has 0 fully saturated rings. The van der Waals surface area contributed by atoms with Crippen LogP contribution in [0.2, 0.25) is 0 Å². The Balaban J connectivity index is 1.31. The van der Waals surface area contributed by atoms with Crippen LogP contribution in [0.5, 0.6) is 0 Å². The number of benzene rings is 2. The molecule has 2 aromatic heterocycles. The number of nitrogens with zero attached hydrogens (tertiary/aromatic N) is 4. The number of thiazole rings is 1. The zero-order chi connectivity index (χ0) is 19.5. The normalized spacial score (nSPS) is 13.5. The van der Waals surface area contributed by atoms with Crippen molar-refractivity contribution in [1.82, 2.24) is 9.97 Å². The molecule has 0 unspecified atom stereocenters. The van der Waals surface area contributed by atoms with Crippen molar-refractivity contribution in [2.75, 3.05) is 11.4 Å². The van der Waals surface area contributed by atoms with Gasteiger partial charge in [-0.15, -0.1) is 0 Å². The van der Waals surface area contributed by atoms with Crippen LogP contribution in [0.25, 0.3) is 21.3 Å². The fraction of sp³-hybridized carbons (Fsp3) is 0.0870.